The van der Waals surface area contributed by atoms with Gasteiger partial charge >= 0.3 is 0 Å². The van der Waals surface area contributed by atoms with Crippen LogP contribution in [0.15, 0.2) is 97.2 Å². The number of allylic oxidation sites excluding steroid dienone is 2. The van der Waals surface area contributed by atoms with Gasteiger partial charge in [0, 0.05) is 23.6 Å². The Morgan fingerprint density at radius 2 is 1.43 bits per heavy atom. The summed E-state index contributed by atoms with van der Waals surface area (Å²) in [4.78, 5) is 0. The van der Waals surface area contributed by atoms with Crippen LogP contribution in [0.2, 0.25) is 0 Å². The first kappa shape index (κ1) is 19.8. The molecular weight excluding hydrogens is 366 g/mol. The maximum Gasteiger partial charge on any atom is 0.115 e. The predicted octanol–water partition coefficient (Wildman–Crippen LogP) is 7.29. The topological polar surface area (TPSA) is 25.2 Å². The molecule has 0 saturated carbocycles. The van der Waals surface area contributed by atoms with Gasteiger partial charge < -0.3 is 9.67 Å². The smallest absolute Gasteiger partial charge is 0.115 e. The van der Waals surface area contributed by atoms with Crippen LogP contribution in [0.4, 0.5) is 0 Å². The van der Waals surface area contributed by atoms with Crippen molar-refractivity contribution in [3.8, 4) is 5.75 Å². The molecular formula is C28H27NO. The van der Waals surface area contributed by atoms with E-state index in [1.807, 2.05) is 12.1 Å². The molecule has 150 valence electrons. The molecule has 0 bridgehead atoms. The van der Waals surface area contributed by atoms with Crippen molar-refractivity contribution in [3.05, 3.63) is 114 Å². The Balaban J connectivity index is 1.36. The van der Waals surface area contributed by atoms with E-state index in [0.717, 1.165) is 31.4 Å². The second-order valence-electron chi connectivity index (χ2n) is 7.54. The lowest BCUT2D eigenvalue weighted by atomic mass is 10.1. The first-order chi connectivity index (χ1) is 14.8. The van der Waals surface area contributed by atoms with Crippen LogP contribution in [0.25, 0.3) is 23.1 Å². The highest BCUT2D eigenvalue weighted by Crippen LogP contribution is 2.24. The number of benzene rings is 3. The molecule has 4 aromatic rings. The number of phenolic OH excluding ortho intramolecular Hbond substituents is 1. The van der Waals surface area contributed by atoms with Gasteiger partial charge in [0.25, 0.3) is 0 Å². The second kappa shape index (κ2) is 9.80. The van der Waals surface area contributed by atoms with Crippen molar-refractivity contribution in [1.82, 2.24) is 4.57 Å². The first-order valence-corrected chi connectivity index (χ1v) is 10.5. The summed E-state index contributed by atoms with van der Waals surface area (Å²) in [7, 11) is 0. The highest BCUT2D eigenvalue weighted by atomic mass is 16.3. The first-order valence-electron chi connectivity index (χ1n) is 10.5. The summed E-state index contributed by atoms with van der Waals surface area (Å²) in [5.41, 5.74) is 4.99. The number of unbranched alkanes of at least 4 members (excludes halogenated alkanes) is 2. The van der Waals surface area contributed by atoms with Crippen LogP contribution in [-0.4, -0.2) is 9.67 Å². The van der Waals surface area contributed by atoms with E-state index >= 15 is 0 Å². The number of para-hydroxylation sites is 1. The number of aromatic hydroxyl groups is 1. The molecule has 0 aliphatic heterocycles. The lowest BCUT2D eigenvalue weighted by Crippen LogP contribution is -1.97. The van der Waals surface area contributed by atoms with E-state index < -0.39 is 0 Å². The molecule has 30 heavy (non-hydrogen) atoms. The van der Waals surface area contributed by atoms with Crippen molar-refractivity contribution < 1.29 is 5.11 Å². The Morgan fingerprint density at radius 1 is 0.733 bits per heavy atom. The monoisotopic (exact) mass is 393 g/mol. The summed E-state index contributed by atoms with van der Waals surface area (Å²) in [6.07, 6.45) is 14.3. The maximum absolute atomic E-state index is 9.33. The molecule has 0 amide bonds. The number of rotatable bonds is 8. The van der Waals surface area contributed by atoms with E-state index in [1.54, 1.807) is 12.1 Å². The largest absolute Gasteiger partial charge is 0.508 e. The van der Waals surface area contributed by atoms with Gasteiger partial charge in [-0.3, -0.25) is 0 Å². The van der Waals surface area contributed by atoms with Crippen LogP contribution < -0.4 is 0 Å². The maximum atomic E-state index is 9.33. The van der Waals surface area contributed by atoms with Crippen LogP contribution >= 0.6 is 0 Å². The van der Waals surface area contributed by atoms with Gasteiger partial charge in [0.05, 0.1) is 0 Å². The number of fused-ring (bicyclic) bond motifs is 1. The summed E-state index contributed by atoms with van der Waals surface area (Å²) in [6.45, 7) is 0.886. The molecule has 4 rings (SSSR count). The van der Waals surface area contributed by atoms with E-state index in [4.69, 9.17) is 0 Å². The van der Waals surface area contributed by atoms with Crippen molar-refractivity contribution in [3.63, 3.8) is 0 Å². The average molecular weight is 394 g/mol. The van der Waals surface area contributed by atoms with Gasteiger partial charge in [-0.05, 0) is 54.2 Å². The molecule has 0 unspecified atom stereocenters. The standard InChI is InChI=1S/C28H27NO/c30-26-19-17-23(18-20-26)11-5-2-1-3-8-14-25-22-29(21-24-12-6-4-7-13-24)28-16-10-9-15-27(25)28/h4-20,22,30H,1-3,21H2/b11-5+,14-8+. The Hall–Kier alpha value is -3.52. The van der Waals surface area contributed by atoms with Crippen LogP contribution in [0.1, 0.15) is 36.0 Å². The molecule has 1 heterocycles. The number of hydrogen-bond donors (Lipinski definition) is 1. The lowest BCUT2D eigenvalue weighted by molar-refractivity contribution is 0.475. The highest BCUT2D eigenvalue weighted by Gasteiger charge is 2.06. The molecule has 1 aromatic heterocycles. The second-order valence-corrected chi connectivity index (χ2v) is 7.54. The molecule has 0 atom stereocenters. The highest BCUT2D eigenvalue weighted by molar-refractivity contribution is 5.89. The van der Waals surface area contributed by atoms with Gasteiger partial charge in [0.15, 0.2) is 0 Å². The summed E-state index contributed by atoms with van der Waals surface area (Å²) < 4.78 is 2.34. The lowest BCUT2D eigenvalue weighted by Gasteiger charge is -2.05. The van der Waals surface area contributed by atoms with Crippen molar-refractivity contribution in [1.29, 1.82) is 0 Å². The summed E-state index contributed by atoms with van der Waals surface area (Å²) in [6, 6.07) is 26.5. The van der Waals surface area contributed by atoms with Crippen LogP contribution in [-0.2, 0) is 6.54 Å². The van der Waals surface area contributed by atoms with Crippen molar-refractivity contribution >= 4 is 23.1 Å². The third-order valence-corrected chi connectivity index (χ3v) is 5.26. The summed E-state index contributed by atoms with van der Waals surface area (Å²) in [5.74, 6) is 0.308. The van der Waals surface area contributed by atoms with Crippen molar-refractivity contribution in [2.24, 2.45) is 0 Å². The Bertz CT molecular complexity index is 1130. The van der Waals surface area contributed by atoms with Crippen LogP contribution in [0, 0.1) is 0 Å². The van der Waals surface area contributed by atoms with Crippen LogP contribution in [0.5, 0.6) is 5.75 Å². The molecule has 2 heteroatoms. The average Bonchev–Trinajstić information content (AvgIpc) is 3.12. The number of nitrogens with zero attached hydrogens (tertiary/aromatic N) is 1. The molecule has 0 radical (unpaired) electrons. The van der Waals surface area contributed by atoms with Crippen molar-refractivity contribution in [2.75, 3.05) is 0 Å². The fourth-order valence-corrected chi connectivity index (χ4v) is 3.69. The van der Waals surface area contributed by atoms with E-state index in [9.17, 15) is 5.11 Å². The fourth-order valence-electron chi connectivity index (χ4n) is 3.69. The van der Waals surface area contributed by atoms with E-state index in [-0.39, 0.29) is 0 Å². The minimum Gasteiger partial charge on any atom is -0.508 e. The number of phenols is 1. The molecule has 0 aliphatic carbocycles. The Morgan fingerprint density at radius 3 is 2.23 bits per heavy atom. The Kier molecular flexibility index (Phi) is 6.46. The molecule has 0 saturated heterocycles. The molecule has 2 nitrogen and oxygen atoms in total. The van der Waals surface area contributed by atoms with Gasteiger partial charge in [-0.2, -0.15) is 0 Å². The Labute approximate surface area is 178 Å². The quantitative estimate of drug-likeness (QED) is 0.312. The molecule has 0 fully saturated rings. The van der Waals surface area contributed by atoms with Crippen molar-refractivity contribution in [2.45, 2.75) is 25.8 Å². The van der Waals surface area contributed by atoms with Crippen LogP contribution in [0.3, 0.4) is 0 Å². The number of aromatic nitrogens is 1. The van der Waals surface area contributed by atoms with Gasteiger partial charge in [-0.25, -0.2) is 0 Å². The van der Waals surface area contributed by atoms with Gasteiger partial charge in [-0.15, -0.1) is 0 Å². The third-order valence-electron chi connectivity index (χ3n) is 5.26. The van der Waals surface area contributed by atoms with Gasteiger partial charge in [0.1, 0.15) is 5.75 Å². The normalized spacial score (nSPS) is 11.7. The summed E-state index contributed by atoms with van der Waals surface area (Å²) in [5, 5.41) is 10.6. The molecule has 3 aromatic carbocycles. The molecule has 0 aliphatic rings. The zero-order valence-electron chi connectivity index (χ0n) is 17.1. The van der Waals surface area contributed by atoms with Gasteiger partial charge in [-0.1, -0.05) is 85.0 Å². The van der Waals surface area contributed by atoms with E-state index in [0.29, 0.717) is 5.75 Å². The molecule has 1 N–H and O–H groups in total. The third kappa shape index (κ3) is 5.09. The zero-order chi connectivity index (χ0) is 20.6. The minimum atomic E-state index is 0.308. The van der Waals surface area contributed by atoms with E-state index in [1.165, 1.54) is 22.0 Å². The zero-order valence-corrected chi connectivity index (χ0v) is 17.1. The molecule has 0 spiro atoms. The predicted molar refractivity (Wildman–Crippen MR) is 128 cm³/mol. The SMILES string of the molecule is Oc1ccc(/C=C/CCC/C=C/c2cn(Cc3ccccc3)c3ccccc23)cc1. The summed E-state index contributed by atoms with van der Waals surface area (Å²) >= 11 is 0. The fraction of sp³-hybridized carbons (Fsp3) is 0.143. The van der Waals surface area contributed by atoms with Gasteiger partial charge in [0.2, 0.25) is 0 Å². The van der Waals surface area contributed by atoms with E-state index in [2.05, 4.69) is 89.7 Å². The minimum absolute atomic E-state index is 0.308. The number of hydrogen-bond acceptors (Lipinski definition) is 1.